The van der Waals surface area contributed by atoms with Crippen molar-refractivity contribution in [3.8, 4) is 0 Å². The minimum Gasteiger partial charge on any atom is -0.396 e. The molecule has 12 heavy (non-hydrogen) atoms. The van der Waals surface area contributed by atoms with Gasteiger partial charge in [0, 0.05) is 18.4 Å². The molecule has 2 N–H and O–H groups in total. The molecule has 0 rings (SSSR count). The molecular formula is C9H17BrO2. The van der Waals surface area contributed by atoms with Gasteiger partial charge >= 0.3 is 0 Å². The van der Waals surface area contributed by atoms with Crippen molar-refractivity contribution in [3.05, 3.63) is 10.6 Å². The first-order valence-electron chi connectivity index (χ1n) is 4.12. The van der Waals surface area contributed by atoms with Gasteiger partial charge in [0.25, 0.3) is 0 Å². The fourth-order valence-corrected chi connectivity index (χ4v) is 1.50. The van der Waals surface area contributed by atoms with Crippen LogP contribution in [0.4, 0.5) is 0 Å². The van der Waals surface area contributed by atoms with Crippen LogP contribution in [0.5, 0.6) is 0 Å². The van der Waals surface area contributed by atoms with Gasteiger partial charge in [-0.2, -0.15) is 0 Å². The molecule has 2 nitrogen and oxygen atoms in total. The maximum atomic E-state index is 9.61. The van der Waals surface area contributed by atoms with Crippen LogP contribution in [-0.4, -0.2) is 22.9 Å². The molecule has 0 radical (unpaired) electrons. The first kappa shape index (κ1) is 12.1. The Kier molecular flexibility index (Phi) is 5.80. The second-order valence-corrected chi connectivity index (χ2v) is 4.51. The average molecular weight is 237 g/mol. The molecule has 0 spiro atoms. The van der Waals surface area contributed by atoms with Crippen molar-refractivity contribution in [1.29, 1.82) is 0 Å². The Balaban J connectivity index is 4.09. The summed E-state index contributed by atoms with van der Waals surface area (Å²) in [6.45, 7) is 5.72. The van der Waals surface area contributed by atoms with Crippen LogP contribution in [0.25, 0.3) is 0 Å². The van der Waals surface area contributed by atoms with E-state index in [1.165, 1.54) is 0 Å². The first-order chi connectivity index (χ1) is 5.49. The third kappa shape index (κ3) is 4.24. The molecular weight excluding hydrogens is 220 g/mol. The third-order valence-electron chi connectivity index (χ3n) is 1.90. The maximum Gasteiger partial charge on any atom is 0.0647 e. The highest BCUT2D eigenvalue weighted by Gasteiger charge is 2.18. The SMILES string of the molecule is C/C(Br)=C/[C@@H](C)[C@H](O)[C@H](C)CO. The fourth-order valence-electron chi connectivity index (χ4n) is 1.09. The highest BCUT2D eigenvalue weighted by Crippen LogP contribution is 2.17. The molecule has 0 fully saturated rings. The second-order valence-electron chi connectivity index (χ2n) is 3.26. The van der Waals surface area contributed by atoms with Crippen LogP contribution >= 0.6 is 15.9 Å². The molecule has 0 aliphatic heterocycles. The Morgan fingerprint density at radius 2 is 2.00 bits per heavy atom. The molecule has 0 unspecified atom stereocenters. The number of aliphatic hydroxyl groups excluding tert-OH is 2. The van der Waals surface area contributed by atoms with Gasteiger partial charge in [-0.15, -0.1) is 0 Å². The van der Waals surface area contributed by atoms with E-state index in [9.17, 15) is 5.11 Å². The molecule has 0 heterocycles. The Morgan fingerprint density at radius 1 is 1.50 bits per heavy atom. The van der Waals surface area contributed by atoms with Gasteiger partial charge < -0.3 is 10.2 Å². The van der Waals surface area contributed by atoms with Gasteiger partial charge in [0.1, 0.15) is 0 Å². The summed E-state index contributed by atoms with van der Waals surface area (Å²) in [5.74, 6) is 0.00891. The predicted molar refractivity (Wildman–Crippen MR) is 54.1 cm³/mol. The third-order valence-corrected chi connectivity index (χ3v) is 2.17. The summed E-state index contributed by atoms with van der Waals surface area (Å²) in [6, 6.07) is 0. The van der Waals surface area contributed by atoms with Gasteiger partial charge in [0.05, 0.1) is 6.10 Å². The van der Waals surface area contributed by atoms with Crippen LogP contribution in [0, 0.1) is 11.8 Å². The van der Waals surface area contributed by atoms with E-state index in [0.717, 1.165) is 4.48 Å². The molecule has 3 atom stereocenters. The van der Waals surface area contributed by atoms with Crippen LogP contribution in [0.2, 0.25) is 0 Å². The van der Waals surface area contributed by atoms with Crippen LogP contribution in [-0.2, 0) is 0 Å². The summed E-state index contributed by atoms with van der Waals surface area (Å²) in [5, 5.41) is 18.4. The molecule has 0 bridgehead atoms. The summed E-state index contributed by atoms with van der Waals surface area (Å²) in [7, 11) is 0. The van der Waals surface area contributed by atoms with E-state index in [0.29, 0.717) is 0 Å². The number of hydrogen-bond acceptors (Lipinski definition) is 2. The van der Waals surface area contributed by atoms with E-state index in [2.05, 4.69) is 15.9 Å². The minimum atomic E-state index is -0.470. The van der Waals surface area contributed by atoms with Gasteiger partial charge in [-0.3, -0.25) is 0 Å². The molecule has 0 aromatic heterocycles. The van der Waals surface area contributed by atoms with Crippen LogP contribution in [0.15, 0.2) is 10.6 Å². The van der Waals surface area contributed by atoms with Gasteiger partial charge in [0.15, 0.2) is 0 Å². The van der Waals surface area contributed by atoms with Crippen LogP contribution in [0.3, 0.4) is 0 Å². The van der Waals surface area contributed by atoms with E-state index < -0.39 is 6.10 Å². The zero-order chi connectivity index (χ0) is 9.72. The number of halogens is 1. The smallest absolute Gasteiger partial charge is 0.0647 e. The van der Waals surface area contributed by atoms with Crippen molar-refractivity contribution in [2.24, 2.45) is 11.8 Å². The number of allylic oxidation sites excluding steroid dienone is 1. The first-order valence-corrected chi connectivity index (χ1v) is 4.91. The zero-order valence-electron chi connectivity index (χ0n) is 7.79. The van der Waals surface area contributed by atoms with Gasteiger partial charge in [-0.1, -0.05) is 35.9 Å². The lowest BCUT2D eigenvalue weighted by Gasteiger charge is -2.20. The lowest BCUT2D eigenvalue weighted by Crippen LogP contribution is -2.26. The Labute approximate surface area is 82.4 Å². The average Bonchev–Trinajstić information content (AvgIpc) is 2.00. The predicted octanol–water partition coefficient (Wildman–Crippen LogP) is 1.91. The molecule has 0 aromatic carbocycles. The summed E-state index contributed by atoms with van der Waals surface area (Å²) in [5.41, 5.74) is 0. The summed E-state index contributed by atoms with van der Waals surface area (Å²) >= 11 is 3.30. The second kappa shape index (κ2) is 5.73. The highest BCUT2D eigenvalue weighted by molar-refractivity contribution is 9.11. The highest BCUT2D eigenvalue weighted by atomic mass is 79.9. The molecule has 3 heteroatoms. The number of rotatable bonds is 4. The van der Waals surface area contributed by atoms with Crippen LogP contribution < -0.4 is 0 Å². The maximum absolute atomic E-state index is 9.61. The number of aliphatic hydroxyl groups is 2. The Hall–Kier alpha value is 0.140. The van der Waals surface area contributed by atoms with Crippen molar-refractivity contribution in [3.63, 3.8) is 0 Å². The monoisotopic (exact) mass is 236 g/mol. The number of hydrogen-bond donors (Lipinski definition) is 2. The standard InChI is InChI=1S/C9H17BrO2/c1-6(4-8(3)10)9(12)7(2)5-11/h4,6-7,9,11-12H,5H2,1-3H3/b8-4-/t6-,7-,9+/m1/s1. The topological polar surface area (TPSA) is 40.5 Å². The Bertz CT molecular complexity index is 153. The van der Waals surface area contributed by atoms with Crippen molar-refractivity contribution in [2.75, 3.05) is 6.61 Å². The summed E-state index contributed by atoms with van der Waals surface area (Å²) in [6.07, 6.45) is 1.47. The van der Waals surface area contributed by atoms with Crippen molar-refractivity contribution >= 4 is 15.9 Å². The lowest BCUT2D eigenvalue weighted by atomic mass is 9.94. The van der Waals surface area contributed by atoms with Gasteiger partial charge in [-0.05, 0) is 11.4 Å². The fraction of sp³-hybridized carbons (Fsp3) is 0.778. The molecule has 0 aliphatic carbocycles. The van der Waals surface area contributed by atoms with E-state index in [4.69, 9.17) is 5.11 Å². The van der Waals surface area contributed by atoms with Crippen molar-refractivity contribution in [2.45, 2.75) is 26.9 Å². The van der Waals surface area contributed by atoms with Crippen molar-refractivity contribution < 1.29 is 10.2 Å². The molecule has 0 aromatic rings. The summed E-state index contributed by atoms with van der Waals surface area (Å²) < 4.78 is 1.01. The van der Waals surface area contributed by atoms with Crippen LogP contribution in [0.1, 0.15) is 20.8 Å². The summed E-state index contributed by atoms with van der Waals surface area (Å²) in [4.78, 5) is 0. The molecule has 72 valence electrons. The van der Waals surface area contributed by atoms with E-state index in [1.54, 1.807) is 0 Å². The largest absolute Gasteiger partial charge is 0.396 e. The van der Waals surface area contributed by atoms with E-state index in [-0.39, 0.29) is 18.4 Å². The molecule has 0 amide bonds. The van der Waals surface area contributed by atoms with E-state index in [1.807, 2.05) is 26.8 Å². The molecule has 0 aliphatic rings. The van der Waals surface area contributed by atoms with Crippen molar-refractivity contribution in [1.82, 2.24) is 0 Å². The normalized spacial score (nSPS) is 20.3. The Morgan fingerprint density at radius 3 is 2.33 bits per heavy atom. The zero-order valence-corrected chi connectivity index (χ0v) is 9.37. The van der Waals surface area contributed by atoms with Gasteiger partial charge in [-0.25, -0.2) is 0 Å². The molecule has 0 saturated heterocycles. The molecule has 0 saturated carbocycles. The van der Waals surface area contributed by atoms with Gasteiger partial charge in [0.2, 0.25) is 0 Å². The van der Waals surface area contributed by atoms with E-state index >= 15 is 0 Å². The minimum absolute atomic E-state index is 0.0285. The lowest BCUT2D eigenvalue weighted by molar-refractivity contribution is 0.0512. The quantitative estimate of drug-likeness (QED) is 0.784.